The van der Waals surface area contributed by atoms with E-state index in [1.165, 1.54) is 110 Å². The molecule has 3 aliphatic rings. The first-order valence-electron chi connectivity index (χ1n) is 27.8. The molecule has 0 radical (unpaired) electrons. The Kier molecular flexibility index (Phi) is 10.8. The molecule has 4 heterocycles. The van der Waals surface area contributed by atoms with Crippen molar-refractivity contribution >= 4 is 94.8 Å². The monoisotopic (exact) mass is 1030 g/mol. The van der Waals surface area contributed by atoms with E-state index in [2.05, 4.69) is 301 Å². The van der Waals surface area contributed by atoms with Crippen LogP contribution in [-0.2, 0) is 21.7 Å². The fraction of sp³-hybridized carbons (Fsp3) is 0.178. The fourth-order valence-corrected chi connectivity index (χ4v) is 14.5. The zero-order valence-electron chi connectivity index (χ0n) is 46.2. The van der Waals surface area contributed by atoms with Gasteiger partial charge in [0, 0.05) is 65.5 Å². The Morgan fingerprint density at radius 3 is 1.56 bits per heavy atom. The van der Waals surface area contributed by atoms with Crippen LogP contribution in [-0.4, -0.2) is 6.85 Å². The van der Waals surface area contributed by atoms with Crippen LogP contribution in [0.5, 0.6) is 0 Å². The van der Waals surface area contributed by atoms with Gasteiger partial charge in [0.2, 0.25) is 0 Å². The maximum absolute atomic E-state index is 2.69. The number of rotatable bonds is 6. The topological polar surface area (TPSA) is 9.72 Å². The Hall–Kier alpha value is -8.12. The molecule has 78 heavy (non-hydrogen) atoms. The van der Waals surface area contributed by atoms with Crippen LogP contribution in [0, 0.1) is 0 Å². The highest BCUT2D eigenvalue weighted by atomic mass is 32.1. The van der Waals surface area contributed by atoms with Crippen molar-refractivity contribution < 1.29 is 0 Å². The number of benzene rings is 10. The molecule has 0 saturated heterocycles. The van der Waals surface area contributed by atoms with Crippen LogP contribution in [0.1, 0.15) is 101 Å². The van der Waals surface area contributed by atoms with Gasteiger partial charge in [0.15, 0.2) is 0 Å². The highest BCUT2D eigenvalue weighted by Crippen LogP contribution is 2.60. The molecule has 14 rings (SSSR count). The number of hydrogen-bond acceptors (Lipinski definition) is 4. The second kappa shape index (κ2) is 17.4. The van der Waals surface area contributed by atoms with Crippen LogP contribution in [0.25, 0.3) is 31.3 Å². The molecule has 0 amide bonds. The summed E-state index contributed by atoms with van der Waals surface area (Å²) >= 11 is 1.92. The molecule has 0 unspecified atom stereocenters. The Morgan fingerprint density at radius 1 is 0.436 bits per heavy atom. The van der Waals surface area contributed by atoms with E-state index in [1.807, 2.05) is 11.3 Å². The van der Waals surface area contributed by atoms with E-state index in [9.17, 15) is 0 Å². The van der Waals surface area contributed by atoms with Crippen LogP contribution < -0.4 is 25.5 Å². The van der Waals surface area contributed by atoms with Gasteiger partial charge in [-0.3, -0.25) is 0 Å². The average Bonchev–Trinajstić information content (AvgIpc) is 3.97. The van der Waals surface area contributed by atoms with Crippen LogP contribution in [0.2, 0.25) is 0 Å². The zero-order valence-corrected chi connectivity index (χ0v) is 47.0. The summed E-state index contributed by atoms with van der Waals surface area (Å²) in [5.74, 6) is 0. The molecule has 11 aromatic rings. The summed E-state index contributed by atoms with van der Waals surface area (Å²) in [7, 11) is 0. The van der Waals surface area contributed by atoms with Gasteiger partial charge in [-0.05, 0) is 144 Å². The molecule has 3 aliphatic heterocycles. The molecule has 0 saturated carbocycles. The minimum absolute atomic E-state index is 0.00626. The molecule has 0 N–H and O–H groups in total. The number of para-hydroxylation sites is 2. The first kappa shape index (κ1) is 48.3. The molecule has 0 spiro atoms. The van der Waals surface area contributed by atoms with Gasteiger partial charge < -0.3 is 14.6 Å². The number of nitrogens with zero attached hydrogens (tertiary/aromatic N) is 3. The van der Waals surface area contributed by atoms with E-state index in [1.54, 1.807) is 0 Å². The predicted octanol–water partition coefficient (Wildman–Crippen LogP) is 18.8. The third kappa shape index (κ3) is 7.23. The molecule has 1 aromatic heterocycles. The maximum Gasteiger partial charge on any atom is 0.333 e. The molecule has 0 atom stereocenters. The van der Waals surface area contributed by atoms with Crippen molar-refractivity contribution in [3.8, 4) is 11.1 Å². The SMILES string of the molecule is CC(C)(C)c1ccc(N2B3c4cccc5c4N(c4ccccc4C5(c4ccccc4)c4ccccc4)c4cc5sc6ccccc6c5c(c43)-c3cc(N(c4ccc(C(C)(C)C)cc4)c4ccc(C(C)(C)C)cc4)ccc32)cc1. The molecule has 0 fully saturated rings. The number of fused-ring (bicyclic) bond motifs is 10. The van der Waals surface area contributed by atoms with Crippen molar-refractivity contribution in [3.63, 3.8) is 0 Å². The molecule has 0 aliphatic carbocycles. The van der Waals surface area contributed by atoms with Crippen molar-refractivity contribution in [2.45, 2.75) is 84.0 Å². The average molecular weight is 1030 g/mol. The van der Waals surface area contributed by atoms with Gasteiger partial charge in [-0.15, -0.1) is 11.3 Å². The second-order valence-electron chi connectivity index (χ2n) is 24.9. The Balaban J connectivity index is 1.11. The lowest BCUT2D eigenvalue weighted by atomic mass is 9.42. The summed E-state index contributed by atoms with van der Waals surface area (Å²) in [4.78, 5) is 7.83. The lowest BCUT2D eigenvalue weighted by Crippen LogP contribution is -2.62. The van der Waals surface area contributed by atoms with Gasteiger partial charge >= 0.3 is 6.85 Å². The first-order valence-corrected chi connectivity index (χ1v) is 28.6. The largest absolute Gasteiger partial charge is 0.376 e. The van der Waals surface area contributed by atoms with Gasteiger partial charge in [0.1, 0.15) is 0 Å². The third-order valence-electron chi connectivity index (χ3n) is 17.2. The van der Waals surface area contributed by atoms with E-state index < -0.39 is 5.41 Å². The van der Waals surface area contributed by atoms with E-state index in [0.717, 1.165) is 17.1 Å². The lowest BCUT2D eigenvalue weighted by Gasteiger charge is -2.52. The van der Waals surface area contributed by atoms with Gasteiger partial charge in [0.25, 0.3) is 0 Å². The predicted molar refractivity (Wildman–Crippen MR) is 336 cm³/mol. The Bertz CT molecular complexity index is 4040. The standard InChI is InChI=1S/C73H64BN3S/c1-70(2,3)47-31-37-52(38-32-47)75(53-39-33-48(34-40-53)71(4,5)6)55-43-44-61-57(45-55)67-66-56-25-16-19-30-64(56)78-65(66)46-63-68(67)74(77(61)54-41-35-49(36-42-54)72(7,8)9)60-28-20-27-59-69(60)76(63)62-29-18-17-26-58(62)73(59,50-21-12-10-13-22-50)51-23-14-11-15-24-51/h10-46H,1-9H3. The summed E-state index contributed by atoms with van der Waals surface area (Å²) in [6.45, 7) is 20.5. The molecule has 3 nitrogen and oxygen atoms in total. The van der Waals surface area contributed by atoms with E-state index in [-0.39, 0.29) is 23.1 Å². The number of anilines is 8. The van der Waals surface area contributed by atoms with Crippen LogP contribution in [0.15, 0.2) is 224 Å². The maximum atomic E-state index is 2.69. The Labute approximate surface area is 465 Å². The second-order valence-corrected chi connectivity index (χ2v) is 26.0. The summed E-state index contributed by atoms with van der Waals surface area (Å²) < 4.78 is 2.58. The van der Waals surface area contributed by atoms with Gasteiger partial charge in [0.05, 0.1) is 11.1 Å². The number of hydrogen-bond donors (Lipinski definition) is 0. The first-order chi connectivity index (χ1) is 37.6. The summed E-state index contributed by atoms with van der Waals surface area (Å²) in [5.41, 5.74) is 23.0. The van der Waals surface area contributed by atoms with Crippen molar-refractivity contribution in [1.29, 1.82) is 0 Å². The van der Waals surface area contributed by atoms with E-state index in [4.69, 9.17) is 0 Å². The lowest BCUT2D eigenvalue weighted by molar-refractivity contribution is 0.590. The molecule has 0 bridgehead atoms. The quantitative estimate of drug-likeness (QED) is 0.154. The van der Waals surface area contributed by atoms with Gasteiger partial charge in [-0.1, -0.05) is 214 Å². The van der Waals surface area contributed by atoms with Crippen molar-refractivity contribution in [2.75, 3.05) is 14.6 Å². The zero-order chi connectivity index (χ0) is 53.5. The molecular formula is C73H64BN3S. The van der Waals surface area contributed by atoms with E-state index >= 15 is 0 Å². The van der Waals surface area contributed by atoms with E-state index in [0.29, 0.717) is 0 Å². The van der Waals surface area contributed by atoms with Crippen molar-refractivity contribution in [3.05, 3.63) is 263 Å². The highest BCUT2D eigenvalue weighted by molar-refractivity contribution is 7.26. The third-order valence-corrected chi connectivity index (χ3v) is 18.3. The van der Waals surface area contributed by atoms with Crippen LogP contribution in [0.4, 0.5) is 45.5 Å². The van der Waals surface area contributed by atoms with Gasteiger partial charge in [-0.2, -0.15) is 0 Å². The summed E-state index contributed by atoms with van der Waals surface area (Å²) in [5, 5.41) is 2.62. The molecular weight excluding hydrogens is 962 g/mol. The number of thiophene rings is 1. The Morgan fingerprint density at radius 2 is 0.962 bits per heavy atom. The smallest absolute Gasteiger partial charge is 0.333 e. The molecule has 380 valence electrons. The van der Waals surface area contributed by atoms with Crippen molar-refractivity contribution in [2.24, 2.45) is 0 Å². The minimum Gasteiger partial charge on any atom is -0.376 e. The van der Waals surface area contributed by atoms with Crippen molar-refractivity contribution in [1.82, 2.24) is 0 Å². The normalized spacial score (nSPS) is 14.2. The van der Waals surface area contributed by atoms with Crippen LogP contribution >= 0.6 is 11.3 Å². The van der Waals surface area contributed by atoms with Crippen LogP contribution in [0.3, 0.4) is 0 Å². The fourth-order valence-electron chi connectivity index (χ4n) is 13.3. The minimum atomic E-state index is -0.608. The summed E-state index contributed by atoms with van der Waals surface area (Å²) in [6, 6.07) is 86.0. The molecule has 5 heteroatoms. The highest BCUT2D eigenvalue weighted by Gasteiger charge is 2.53. The van der Waals surface area contributed by atoms with Gasteiger partial charge in [-0.25, -0.2) is 0 Å². The summed E-state index contributed by atoms with van der Waals surface area (Å²) in [6.07, 6.45) is 0. The molecule has 10 aromatic carbocycles.